The molecule has 2 aromatic rings. The summed E-state index contributed by atoms with van der Waals surface area (Å²) < 4.78 is 0. The minimum absolute atomic E-state index is 0.0753. The van der Waals surface area contributed by atoms with Gasteiger partial charge in [-0.25, -0.2) is 0 Å². The van der Waals surface area contributed by atoms with Crippen molar-refractivity contribution in [3.05, 3.63) is 30.7 Å². The van der Waals surface area contributed by atoms with E-state index < -0.39 is 0 Å². The smallest absolute Gasteiger partial charge is 0.226 e. The molecule has 0 aliphatic heterocycles. The normalized spacial score (nSPS) is 16.0. The van der Waals surface area contributed by atoms with Crippen LogP contribution in [-0.4, -0.2) is 27.8 Å². The van der Waals surface area contributed by atoms with Crippen LogP contribution in [0.15, 0.2) is 30.7 Å². The monoisotopic (exact) mass is 326 g/mol. The maximum Gasteiger partial charge on any atom is 0.226 e. The summed E-state index contributed by atoms with van der Waals surface area (Å²) in [6, 6.07) is 3.36. The highest BCUT2D eigenvalue weighted by Gasteiger charge is 2.24. The first kappa shape index (κ1) is 16.4. The van der Waals surface area contributed by atoms with Gasteiger partial charge in [0, 0.05) is 42.4 Å². The Morgan fingerprint density at radius 3 is 2.83 bits per heavy atom. The highest BCUT2D eigenvalue weighted by Crippen LogP contribution is 2.25. The van der Waals surface area contributed by atoms with Gasteiger partial charge in [-0.1, -0.05) is 12.8 Å². The van der Waals surface area contributed by atoms with Gasteiger partial charge >= 0.3 is 0 Å². The zero-order valence-electron chi connectivity index (χ0n) is 13.8. The molecule has 126 valence electrons. The average Bonchev–Trinajstić information content (AvgIpc) is 3.09. The molecule has 3 rings (SSSR count). The van der Waals surface area contributed by atoms with Crippen molar-refractivity contribution < 1.29 is 9.59 Å². The van der Waals surface area contributed by atoms with Crippen molar-refractivity contribution in [3.8, 4) is 0 Å². The van der Waals surface area contributed by atoms with Gasteiger partial charge in [-0.15, -0.1) is 0 Å². The summed E-state index contributed by atoms with van der Waals surface area (Å²) >= 11 is 0. The maximum atomic E-state index is 12.3. The van der Waals surface area contributed by atoms with E-state index in [9.17, 15) is 9.59 Å². The van der Waals surface area contributed by atoms with Gasteiger partial charge in [-0.05, 0) is 31.9 Å². The van der Waals surface area contributed by atoms with Gasteiger partial charge in [0.2, 0.25) is 11.8 Å². The summed E-state index contributed by atoms with van der Waals surface area (Å²) in [5.74, 6) is 0.0580. The first-order valence-electron chi connectivity index (χ1n) is 8.42. The lowest BCUT2D eigenvalue weighted by atomic mass is 10.1. The third-order valence-corrected chi connectivity index (χ3v) is 4.42. The summed E-state index contributed by atoms with van der Waals surface area (Å²) in [5, 5.41) is 6.64. The van der Waals surface area contributed by atoms with E-state index in [2.05, 4.69) is 20.6 Å². The van der Waals surface area contributed by atoms with Gasteiger partial charge in [0.05, 0.1) is 11.2 Å². The van der Waals surface area contributed by atoms with Crippen molar-refractivity contribution in [3.63, 3.8) is 0 Å². The van der Waals surface area contributed by atoms with Gasteiger partial charge in [0.1, 0.15) is 0 Å². The molecule has 1 aliphatic rings. The van der Waals surface area contributed by atoms with E-state index in [0.717, 1.165) is 36.6 Å². The molecule has 0 aromatic carbocycles. The molecule has 0 bridgehead atoms. The SMILES string of the molecule is C[C@H](CC(=O)Nc1ccnc2ccncc12)NC(=O)C1CCCC1. The first-order chi connectivity index (χ1) is 11.6. The predicted octanol–water partition coefficient (Wildman–Crippen LogP) is 2.65. The average molecular weight is 326 g/mol. The molecular formula is C18H22N4O2. The number of aromatic nitrogens is 2. The molecule has 2 amide bonds. The van der Waals surface area contributed by atoms with Crippen LogP contribution in [0.5, 0.6) is 0 Å². The zero-order valence-corrected chi connectivity index (χ0v) is 13.8. The Morgan fingerprint density at radius 2 is 2.04 bits per heavy atom. The van der Waals surface area contributed by atoms with E-state index in [4.69, 9.17) is 0 Å². The number of fused-ring (bicyclic) bond motifs is 1. The number of hydrogen-bond acceptors (Lipinski definition) is 4. The Bertz CT molecular complexity index is 735. The summed E-state index contributed by atoms with van der Waals surface area (Å²) in [7, 11) is 0. The third-order valence-electron chi connectivity index (χ3n) is 4.42. The van der Waals surface area contributed by atoms with Crippen LogP contribution in [0.25, 0.3) is 10.9 Å². The Morgan fingerprint density at radius 1 is 1.25 bits per heavy atom. The number of rotatable bonds is 5. The summed E-state index contributed by atoms with van der Waals surface area (Å²) in [5.41, 5.74) is 1.47. The van der Waals surface area contributed by atoms with Gasteiger partial charge in [-0.3, -0.25) is 19.6 Å². The van der Waals surface area contributed by atoms with E-state index in [1.54, 1.807) is 30.7 Å². The van der Waals surface area contributed by atoms with Crippen molar-refractivity contribution in [1.29, 1.82) is 0 Å². The lowest BCUT2D eigenvalue weighted by Gasteiger charge is -2.17. The summed E-state index contributed by atoms with van der Waals surface area (Å²) in [6.45, 7) is 1.86. The van der Waals surface area contributed by atoms with Gasteiger partial charge < -0.3 is 10.6 Å². The second-order valence-corrected chi connectivity index (χ2v) is 6.39. The molecular weight excluding hydrogens is 304 g/mol. The molecule has 0 radical (unpaired) electrons. The lowest BCUT2D eigenvalue weighted by molar-refractivity contribution is -0.125. The summed E-state index contributed by atoms with van der Waals surface area (Å²) in [4.78, 5) is 32.7. The number of nitrogens with one attached hydrogen (secondary N) is 2. The lowest BCUT2D eigenvalue weighted by Crippen LogP contribution is -2.38. The Balaban J connectivity index is 1.57. The van der Waals surface area contributed by atoms with Crippen LogP contribution in [0.4, 0.5) is 5.69 Å². The second-order valence-electron chi connectivity index (χ2n) is 6.39. The molecule has 2 heterocycles. The topological polar surface area (TPSA) is 84.0 Å². The van der Waals surface area contributed by atoms with E-state index in [-0.39, 0.29) is 30.2 Å². The van der Waals surface area contributed by atoms with Crippen LogP contribution in [0.3, 0.4) is 0 Å². The van der Waals surface area contributed by atoms with Crippen molar-refractivity contribution in [2.24, 2.45) is 5.92 Å². The molecule has 1 aliphatic carbocycles. The van der Waals surface area contributed by atoms with Gasteiger partial charge in [-0.2, -0.15) is 0 Å². The zero-order chi connectivity index (χ0) is 16.9. The second kappa shape index (κ2) is 7.38. The number of carbonyl (C=O) groups is 2. The molecule has 1 saturated carbocycles. The quantitative estimate of drug-likeness (QED) is 0.885. The minimum Gasteiger partial charge on any atom is -0.353 e. The standard InChI is InChI=1S/C18H22N4O2/c1-12(21-18(24)13-4-2-3-5-13)10-17(23)22-16-7-9-20-15-6-8-19-11-14(15)16/h6-9,11-13H,2-5,10H2,1H3,(H,21,24)(H,20,22,23)/t12-/m1/s1. The molecule has 0 spiro atoms. The minimum atomic E-state index is -0.190. The largest absolute Gasteiger partial charge is 0.353 e. The van der Waals surface area contributed by atoms with Crippen molar-refractivity contribution in [2.75, 3.05) is 5.32 Å². The Labute approximate surface area is 141 Å². The van der Waals surface area contributed by atoms with Crippen molar-refractivity contribution in [1.82, 2.24) is 15.3 Å². The highest BCUT2D eigenvalue weighted by atomic mass is 16.2. The fourth-order valence-electron chi connectivity index (χ4n) is 3.18. The van der Waals surface area contributed by atoms with E-state index in [1.807, 2.05) is 6.92 Å². The third kappa shape index (κ3) is 3.88. The molecule has 1 atom stereocenters. The van der Waals surface area contributed by atoms with Crippen LogP contribution in [-0.2, 0) is 9.59 Å². The fourth-order valence-corrected chi connectivity index (χ4v) is 3.18. The van der Waals surface area contributed by atoms with Gasteiger partial charge in [0.15, 0.2) is 0 Å². The molecule has 2 N–H and O–H groups in total. The Kier molecular flexibility index (Phi) is 5.03. The number of carbonyl (C=O) groups excluding carboxylic acids is 2. The van der Waals surface area contributed by atoms with E-state index in [1.165, 1.54) is 0 Å². The summed E-state index contributed by atoms with van der Waals surface area (Å²) in [6.07, 6.45) is 9.41. The fraction of sp³-hybridized carbons (Fsp3) is 0.444. The number of amides is 2. The van der Waals surface area contributed by atoms with Crippen LogP contribution in [0, 0.1) is 5.92 Å². The van der Waals surface area contributed by atoms with Crippen LogP contribution in [0.1, 0.15) is 39.0 Å². The number of pyridine rings is 2. The van der Waals surface area contributed by atoms with Gasteiger partial charge in [0.25, 0.3) is 0 Å². The van der Waals surface area contributed by atoms with Crippen LogP contribution in [0.2, 0.25) is 0 Å². The predicted molar refractivity (Wildman–Crippen MR) is 92.3 cm³/mol. The van der Waals surface area contributed by atoms with E-state index >= 15 is 0 Å². The number of nitrogens with zero attached hydrogens (tertiary/aromatic N) is 2. The first-order valence-corrected chi connectivity index (χ1v) is 8.42. The Hall–Kier alpha value is -2.50. The number of anilines is 1. The molecule has 0 unspecified atom stereocenters. The molecule has 6 nitrogen and oxygen atoms in total. The molecule has 6 heteroatoms. The molecule has 24 heavy (non-hydrogen) atoms. The van der Waals surface area contributed by atoms with E-state index in [0.29, 0.717) is 5.69 Å². The molecule has 2 aromatic heterocycles. The molecule has 0 saturated heterocycles. The van der Waals surface area contributed by atoms with Crippen LogP contribution < -0.4 is 10.6 Å². The maximum absolute atomic E-state index is 12.3. The number of hydrogen-bond donors (Lipinski definition) is 2. The van der Waals surface area contributed by atoms with Crippen LogP contribution >= 0.6 is 0 Å². The van der Waals surface area contributed by atoms with Crippen molar-refractivity contribution >= 4 is 28.4 Å². The van der Waals surface area contributed by atoms with Crippen molar-refractivity contribution in [2.45, 2.75) is 45.1 Å². The molecule has 1 fully saturated rings. The highest BCUT2D eigenvalue weighted by molar-refractivity contribution is 6.00.